The van der Waals surface area contributed by atoms with Gasteiger partial charge in [0.25, 0.3) is 0 Å². The van der Waals surface area contributed by atoms with E-state index < -0.39 is 10.0 Å². The summed E-state index contributed by atoms with van der Waals surface area (Å²) >= 11 is 5.82. The molecular formula is C19H21ClN6O2S. The van der Waals surface area contributed by atoms with Crippen LogP contribution in [0.1, 0.15) is 11.4 Å². The normalized spacial score (nSPS) is 11.2. The van der Waals surface area contributed by atoms with Crippen LogP contribution in [0.4, 0.5) is 17.5 Å². The van der Waals surface area contributed by atoms with E-state index in [1.165, 1.54) is 0 Å². The van der Waals surface area contributed by atoms with Crippen molar-refractivity contribution in [2.75, 3.05) is 23.7 Å². The molecule has 8 nitrogen and oxygen atoms in total. The molecule has 3 rings (SSSR count). The van der Waals surface area contributed by atoms with Crippen LogP contribution < -0.4 is 15.4 Å². The van der Waals surface area contributed by atoms with Gasteiger partial charge in [-0.1, -0.05) is 29.8 Å². The zero-order chi connectivity index (χ0) is 20.7. The van der Waals surface area contributed by atoms with Gasteiger partial charge < -0.3 is 10.6 Å². The fourth-order valence-corrected chi connectivity index (χ4v) is 3.81. The van der Waals surface area contributed by atoms with Crippen LogP contribution in [0, 0.1) is 6.92 Å². The number of pyridine rings is 1. The minimum absolute atomic E-state index is 0.102. The summed E-state index contributed by atoms with van der Waals surface area (Å²) in [5, 5.41) is 6.78. The van der Waals surface area contributed by atoms with E-state index in [9.17, 15) is 8.42 Å². The average molecular weight is 433 g/mol. The molecule has 152 valence electrons. The van der Waals surface area contributed by atoms with Crippen molar-refractivity contribution in [3.63, 3.8) is 0 Å². The summed E-state index contributed by atoms with van der Waals surface area (Å²) in [6, 6.07) is 14.0. The monoisotopic (exact) mass is 432 g/mol. The van der Waals surface area contributed by atoms with E-state index in [-0.39, 0.29) is 12.3 Å². The molecule has 3 aromatic rings. The average Bonchev–Trinajstić information content (AvgIpc) is 2.67. The van der Waals surface area contributed by atoms with Crippen LogP contribution in [0.5, 0.6) is 0 Å². The Morgan fingerprint density at radius 1 is 0.966 bits per heavy atom. The van der Waals surface area contributed by atoms with Gasteiger partial charge in [0.1, 0.15) is 23.3 Å². The number of rotatable bonds is 9. The van der Waals surface area contributed by atoms with E-state index in [1.54, 1.807) is 43.5 Å². The Balaban J connectivity index is 1.51. The van der Waals surface area contributed by atoms with Gasteiger partial charge in [0, 0.05) is 30.4 Å². The van der Waals surface area contributed by atoms with E-state index in [2.05, 4.69) is 30.3 Å². The molecule has 0 amide bonds. The molecule has 0 radical (unpaired) electrons. The van der Waals surface area contributed by atoms with Crippen LogP contribution in [0.25, 0.3) is 0 Å². The van der Waals surface area contributed by atoms with E-state index in [1.807, 2.05) is 18.2 Å². The fraction of sp³-hybridized carbons (Fsp3) is 0.211. The Kier molecular flexibility index (Phi) is 6.97. The molecule has 0 aliphatic rings. The summed E-state index contributed by atoms with van der Waals surface area (Å²) in [6.45, 7) is 2.38. The molecule has 0 aliphatic heterocycles. The number of hydrogen-bond acceptors (Lipinski definition) is 7. The Morgan fingerprint density at radius 2 is 1.72 bits per heavy atom. The minimum atomic E-state index is -3.45. The first-order valence-electron chi connectivity index (χ1n) is 8.89. The lowest BCUT2D eigenvalue weighted by Gasteiger charge is -2.11. The van der Waals surface area contributed by atoms with Crippen LogP contribution in [0.15, 0.2) is 54.7 Å². The predicted octanol–water partition coefficient (Wildman–Crippen LogP) is 3.11. The van der Waals surface area contributed by atoms with Crippen LogP contribution in [0.2, 0.25) is 5.02 Å². The fourth-order valence-electron chi connectivity index (χ4n) is 2.54. The molecule has 0 fully saturated rings. The Hall–Kier alpha value is -2.75. The van der Waals surface area contributed by atoms with Crippen molar-refractivity contribution in [3.05, 3.63) is 71.1 Å². The molecule has 0 aliphatic carbocycles. The number of nitrogens with one attached hydrogen (secondary N) is 3. The lowest BCUT2D eigenvalue weighted by Crippen LogP contribution is -2.30. The van der Waals surface area contributed by atoms with Crippen LogP contribution >= 0.6 is 11.6 Å². The van der Waals surface area contributed by atoms with Crippen LogP contribution in [0.3, 0.4) is 0 Å². The van der Waals surface area contributed by atoms with Gasteiger partial charge in [0.2, 0.25) is 10.0 Å². The second-order valence-corrected chi connectivity index (χ2v) is 8.48. The first kappa shape index (κ1) is 21.0. The first-order chi connectivity index (χ1) is 13.9. The SMILES string of the molecule is Cc1nc(NCCNS(=O)(=O)Cc2ccc(Cl)cc2)cc(Nc2ccccn2)n1. The number of benzene rings is 1. The molecule has 29 heavy (non-hydrogen) atoms. The molecule has 0 unspecified atom stereocenters. The highest BCUT2D eigenvalue weighted by molar-refractivity contribution is 7.88. The third-order valence-corrected chi connectivity index (χ3v) is 5.39. The van der Waals surface area contributed by atoms with Gasteiger partial charge >= 0.3 is 0 Å². The Labute approximate surface area is 174 Å². The summed E-state index contributed by atoms with van der Waals surface area (Å²) in [6.07, 6.45) is 1.69. The molecule has 0 bridgehead atoms. The molecule has 3 N–H and O–H groups in total. The van der Waals surface area contributed by atoms with Crippen LogP contribution in [-0.4, -0.2) is 36.5 Å². The van der Waals surface area contributed by atoms with Crippen molar-refractivity contribution in [1.29, 1.82) is 0 Å². The van der Waals surface area contributed by atoms with Gasteiger partial charge in [0.15, 0.2) is 0 Å². The molecule has 0 saturated heterocycles. The molecule has 0 atom stereocenters. The lowest BCUT2D eigenvalue weighted by atomic mass is 10.2. The maximum atomic E-state index is 12.2. The van der Waals surface area contributed by atoms with Crippen molar-refractivity contribution in [3.8, 4) is 0 Å². The summed E-state index contributed by atoms with van der Waals surface area (Å²) in [7, 11) is -3.45. The number of sulfonamides is 1. The van der Waals surface area contributed by atoms with Gasteiger partial charge in [-0.15, -0.1) is 0 Å². The molecule has 0 saturated carbocycles. The summed E-state index contributed by atoms with van der Waals surface area (Å²) in [5.74, 6) is 2.34. The standard InChI is InChI=1S/C19H21ClN6O2S/c1-14-24-18(12-19(25-14)26-17-4-2-3-9-21-17)22-10-11-23-29(27,28)13-15-5-7-16(20)8-6-15/h2-9,12,23H,10-11,13H2,1H3,(H2,21,22,24,25,26). The lowest BCUT2D eigenvalue weighted by molar-refractivity contribution is 0.582. The van der Waals surface area contributed by atoms with Gasteiger partial charge in [0.05, 0.1) is 5.75 Å². The third kappa shape index (κ3) is 6.97. The Morgan fingerprint density at radius 3 is 2.45 bits per heavy atom. The van der Waals surface area contributed by atoms with Crippen LogP contribution in [-0.2, 0) is 15.8 Å². The maximum Gasteiger partial charge on any atom is 0.215 e. The van der Waals surface area contributed by atoms with E-state index in [4.69, 9.17) is 11.6 Å². The van der Waals surface area contributed by atoms with E-state index >= 15 is 0 Å². The smallest absolute Gasteiger partial charge is 0.215 e. The first-order valence-corrected chi connectivity index (χ1v) is 10.9. The largest absolute Gasteiger partial charge is 0.369 e. The predicted molar refractivity (Wildman–Crippen MR) is 115 cm³/mol. The molecule has 10 heteroatoms. The summed E-state index contributed by atoms with van der Waals surface area (Å²) in [4.78, 5) is 12.8. The highest BCUT2D eigenvalue weighted by Gasteiger charge is 2.11. The minimum Gasteiger partial charge on any atom is -0.369 e. The van der Waals surface area contributed by atoms with Crippen molar-refractivity contribution >= 4 is 39.1 Å². The van der Waals surface area contributed by atoms with Gasteiger partial charge in [-0.3, -0.25) is 0 Å². The van der Waals surface area contributed by atoms with Crippen molar-refractivity contribution < 1.29 is 8.42 Å². The number of aromatic nitrogens is 3. The van der Waals surface area contributed by atoms with Crippen molar-refractivity contribution in [1.82, 2.24) is 19.7 Å². The van der Waals surface area contributed by atoms with E-state index in [0.29, 0.717) is 40.4 Å². The summed E-state index contributed by atoms with van der Waals surface area (Å²) in [5.41, 5.74) is 0.673. The maximum absolute atomic E-state index is 12.2. The number of halogens is 1. The zero-order valence-corrected chi connectivity index (χ0v) is 17.3. The number of hydrogen-bond donors (Lipinski definition) is 3. The summed E-state index contributed by atoms with van der Waals surface area (Å²) < 4.78 is 27.0. The highest BCUT2D eigenvalue weighted by atomic mass is 35.5. The second kappa shape index (κ2) is 9.64. The number of aryl methyl sites for hydroxylation is 1. The molecule has 2 aromatic heterocycles. The topological polar surface area (TPSA) is 109 Å². The second-order valence-electron chi connectivity index (χ2n) is 6.23. The molecule has 1 aromatic carbocycles. The zero-order valence-electron chi connectivity index (χ0n) is 15.8. The van der Waals surface area contributed by atoms with Crippen molar-refractivity contribution in [2.45, 2.75) is 12.7 Å². The number of anilines is 3. The molecule has 0 spiro atoms. The molecule has 2 heterocycles. The van der Waals surface area contributed by atoms with Gasteiger partial charge in [-0.05, 0) is 36.8 Å². The van der Waals surface area contributed by atoms with E-state index in [0.717, 1.165) is 0 Å². The highest BCUT2D eigenvalue weighted by Crippen LogP contribution is 2.15. The van der Waals surface area contributed by atoms with Gasteiger partial charge in [-0.25, -0.2) is 28.1 Å². The molecular weight excluding hydrogens is 412 g/mol. The third-order valence-electron chi connectivity index (χ3n) is 3.78. The number of nitrogens with zero attached hydrogens (tertiary/aromatic N) is 3. The quantitative estimate of drug-likeness (QED) is 0.445. The van der Waals surface area contributed by atoms with Gasteiger partial charge in [-0.2, -0.15) is 0 Å². The van der Waals surface area contributed by atoms with Crippen molar-refractivity contribution in [2.24, 2.45) is 0 Å². The Bertz CT molecular complexity index is 1050.